The second kappa shape index (κ2) is 15.2. The monoisotopic (exact) mass is 915 g/mol. The van der Waals surface area contributed by atoms with Crippen LogP contribution in [0, 0.1) is 25.0 Å². The van der Waals surface area contributed by atoms with E-state index in [9.17, 15) is 0 Å². The van der Waals surface area contributed by atoms with Crippen molar-refractivity contribution in [1.82, 2.24) is 19.5 Å². The molecule has 7 aromatic rings. The minimum atomic E-state index is -1.89. The first-order chi connectivity index (χ1) is 24.0. The maximum Gasteiger partial charge on any atom is 0 e. The Morgan fingerprint density at radius 3 is 2.35 bits per heavy atom. The Kier molecular flexibility index (Phi) is 11.1. The molecule has 1 saturated carbocycles. The fourth-order valence-electron chi connectivity index (χ4n) is 7.50. The number of benzene rings is 3. The number of hydrogen-bond donors (Lipinski definition) is 0. The van der Waals surface area contributed by atoms with E-state index in [2.05, 4.69) is 96.3 Å². The van der Waals surface area contributed by atoms with Crippen LogP contribution in [0.3, 0.4) is 0 Å². The molecule has 0 saturated heterocycles. The molecule has 0 aliphatic heterocycles. The summed E-state index contributed by atoms with van der Waals surface area (Å²) in [5, 5.41) is 2.06. The number of nitrogens with zero attached hydrogens (tertiary/aromatic N) is 4. The van der Waals surface area contributed by atoms with Gasteiger partial charge in [0.05, 0.1) is 22.4 Å². The van der Waals surface area contributed by atoms with E-state index in [0.29, 0.717) is 5.71 Å². The maximum atomic E-state index is 6.19. The number of para-hydroxylation sites is 2. The van der Waals surface area contributed by atoms with Gasteiger partial charge in [-0.1, -0.05) is 23.1 Å². The van der Waals surface area contributed by atoms with Gasteiger partial charge in [-0.25, -0.2) is 4.98 Å². The minimum absolute atomic E-state index is 0. The summed E-state index contributed by atoms with van der Waals surface area (Å²) < 4.78 is 10.0. The number of aryl methyl sites for hydroxylation is 1. The molecule has 3 aromatic carbocycles. The second-order valence-corrected chi connectivity index (χ2v) is 26.5. The Morgan fingerprint density at radius 2 is 1.63 bits per heavy atom. The molecule has 0 unspecified atom stereocenters. The first kappa shape index (κ1) is 37.2. The van der Waals surface area contributed by atoms with Gasteiger partial charge in [-0.05, 0) is 52.0 Å². The zero-order valence-corrected chi connectivity index (χ0v) is 35.4. The molecule has 0 bridgehead atoms. The van der Waals surface area contributed by atoms with Gasteiger partial charge >= 0.3 is 144 Å². The van der Waals surface area contributed by atoms with Gasteiger partial charge in [0.25, 0.3) is 0 Å². The molecule has 0 amide bonds. The standard InChI is InChI=1S/C23H20N3O.C21H28GeN.Ir/c1-14-12-13-16-15-8-7-9-17(20(15)27-22(16)24-14)21-25-18-10-5-6-11-19(18)26(21)23(2,3)4;1-22(2,3)20-16-23-21(18-12-8-5-9-13-18)15-19(20)14-17-10-6-4-7-11-17;/h5-8,10-13H,1-4H3;5,8-9,12,15-17H,4,6-7,10-11,14H2,1-3H3;/q2*-1;. The van der Waals surface area contributed by atoms with Crippen molar-refractivity contribution in [2.75, 3.05) is 0 Å². The number of fused-ring (bicyclic) bond motifs is 4. The van der Waals surface area contributed by atoms with E-state index in [0.717, 1.165) is 61.6 Å². The van der Waals surface area contributed by atoms with E-state index >= 15 is 0 Å². The zero-order chi connectivity index (χ0) is 35.0. The van der Waals surface area contributed by atoms with Crippen molar-refractivity contribution in [2.24, 2.45) is 5.92 Å². The van der Waals surface area contributed by atoms with Crippen molar-refractivity contribution >= 4 is 50.8 Å². The Bertz CT molecular complexity index is 2270. The molecular formula is C44H48GeIrN4O-2. The van der Waals surface area contributed by atoms with E-state index in [1.165, 1.54) is 38.5 Å². The third-order valence-corrected chi connectivity index (χ3v) is 14.2. The SMILES string of the molecule is Cc1ccc2c(n1)oc1c(-c3nc4ccccc4n3C(C)(C)C)[c-]ccc12.[CH3][Ge]([CH3])([CH3])[c]1cnc(-c2[c-]cccc2)cc1CC1CCCCC1.[Ir]. The summed E-state index contributed by atoms with van der Waals surface area (Å²) in [6.07, 6.45) is 10.5. The molecule has 7 heteroatoms. The molecule has 1 radical (unpaired) electrons. The van der Waals surface area contributed by atoms with Gasteiger partial charge in [0.1, 0.15) is 0 Å². The van der Waals surface area contributed by atoms with Gasteiger partial charge in [-0.3, -0.25) is 4.98 Å². The molecule has 8 rings (SSSR count). The Morgan fingerprint density at radius 1 is 0.863 bits per heavy atom. The van der Waals surface area contributed by atoms with Crippen molar-refractivity contribution in [1.29, 1.82) is 0 Å². The predicted octanol–water partition coefficient (Wildman–Crippen LogP) is 11.1. The molecule has 265 valence electrons. The summed E-state index contributed by atoms with van der Waals surface area (Å²) in [5.41, 5.74) is 8.97. The molecule has 5 nitrogen and oxygen atoms in total. The minimum Gasteiger partial charge on any atom is 0 e. The van der Waals surface area contributed by atoms with E-state index in [4.69, 9.17) is 14.4 Å². The molecule has 1 aliphatic carbocycles. The second-order valence-electron chi connectivity index (χ2n) is 15.9. The Labute approximate surface area is 319 Å². The van der Waals surface area contributed by atoms with Crippen molar-refractivity contribution in [3.8, 4) is 22.6 Å². The number of aromatic nitrogens is 4. The van der Waals surface area contributed by atoms with Crippen LogP contribution in [0.4, 0.5) is 0 Å². The first-order valence-corrected chi connectivity index (χ1v) is 25.5. The average molecular weight is 914 g/mol. The average Bonchev–Trinajstić information content (AvgIpc) is 3.67. The zero-order valence-electron chi connectivity index (χ0n) is 30.9. The van der Waals surface area contributed by atoms with E-state index in [-0.39, 0.29) is 25.6 Å². The predicted molar refractivity (Wildman–Crippen MR) is 211 cm³/mol. The van der Waals surface area contributed by atoms with Crippen LogP contribution in [-0.2, 0) is 32.1 Å². The maximum absolute atomic E-state index is 6.19. The van der Waals surface area contributed by atoms with Gasteiger partial charge < -0.3 is 8.98 Å². The van der Waals surface area contributed by atoms with Crippen LogP contribution < -0.4 is 4.40 Å². The van der Waals surface area contributed by atoms with Crippen LogP contribution >= 0.6 is 0 Å². The molecular weight excluding hydrogens is 865 g/mol. The number of hydrogen-bond acceptors (Lipinski definition) is 4. The van der Waals surface area contributed by atoms with Crippen LogP contribution in [0.5, 0.6) is 0 Å². The summed E-state index contributed by atoms with van der Waals surface area (Å²) in [5.74, 6) is 9.19. The van der Waals surface area contributed by atoms with Crippen LogP contribution in [-0.4, -0.2) is 32.8 Å². The van der Waals surface area contributed by atoms with E-state index < -0.39 is 13.3 Å². The Balaban J connectivity index is 0.000000175. The number of imidazole rings is 1. The summed E-state index contributed by atoms with van der Waals surface area (Å²) in [6, 6.07) is 33.5. The summed E-state index contributed by atoms with van der Waals surface area (Å²) in [7, 11) is 0. The first-order valence-electron chi connectivity index (χ1n) is 18.1. The topological polar surface area (TPSA) is 56.7 Å². The van der Waals surface area contributed by atoms with Gasteiger partial charge in [0, 0.05) is 36.7 Å². The van der Waals surface area contributed by atoms with Gasteiger partial charge in [-0.2, -0.15) is 0 Å². The molecule has 0 N–H and O–H groups in total. The van der Waals surface area contributed by atoms with Crippen molar-refractivity contribution < 1.29 is 24.5 Å². The summed E-state index contributed by atoms with van der Waals surface area (Å²) >= 11 is -1.89. The smallest absolute Gasteiger partial charge is 0 e. The number of pyridine rings is 2. The van der Waals surface area contributed by atoms with E-state index in [1.807, 2.05) is 55.5 Å². The molecule has 0 atom stereocenters. The van der Waals surface area contributed by atoms with Crippen LogP contribution in [0.2, 0.25) is 17.3 Å². The van der Waals surface area contributed by atoms with Crippen LogP contribution in [0.15, 0.2) is 89.5 Å². The van der Waals surface area contributed by atoms with Crippen LogP contribution in [0.25, 0.3) is 55.7 Å². The van der Waals surface area contributed by atoms with Gasteiger partial charge in [0.15, 0.2) is 0 Å². The fourth-order valence-corrected chi connectivity index (χ4v) is 10.8. The molecule has 51 heavy (non-hydrogen) atoms. The molecule has 4 aromatic heterocycles. The number of furan rings is 1. The normalized spacial score (nSPS) is 14.0. The van der Waals surface area contributed by atoms with Gasteiger partial charge in [0.2, 0.25) is 5.71 Å². The Hall–Kier alpha value is -3.58. The molecule has 1 aliphatic rings. The fraction of sp³-hybridized carbons (Fsp3) is 0.341. The molecule has 0 spiro atoms. The van der Waals surface area contributed by atoms with Gasteiger partial charge in [-0.15, -0.1) is 18.2 Å². The van der Waals surface area contributed by atoms with Crippen molar-refractivity contribution in [3.05, 3.63) is 108 Å². The van der Waals surface area contributed by atoms with Crippen LogP contribution in [0.1, 0.15) is 64.1 Å². The third-order valence-electron chi connectivity index (χ3n) is 9.91. The van der Waals surface area contributed by atoms with Crippen molar-refractivity contribution in [2.45, 2.75) is 89.0 Å². The quantitative estimate of drug-likeness (QED) is 0.128. The van der Waals surface area contributed by atoms with Crippen molar-refractivity contribution in [3.63, 3.8) is 0 Å². The number of rotatable bonds is 5. The summed E-state index contributed by atoms with van der Waals surface area (Å²) in [6.45, 7) is 8.54. The molecule has 4 heterocycles. The third kappa shape index (κ3) is 7.94. The van der Waals surface area contributed by atoms with E-state index in [1.54, 1.807) is 9.96 Å². The summed E-state index contributed by atoms with van der Waals surface area (Å²) in [4.78, 5) is 14.3. The molecule has 1 fully saturated rings. The largest absolute Gasteiger partial charge is 0 e.